The van der Waals surface area contributed by atoms with E-state index in [2.05, 4.69) is 30.6 Å². The maximum atomic E-state index is 14.3. The van der Waals surface area contributed by atoms with Crippen LogP contribution in [0.4, 0.5) is 0 Å². The summed E-state index contributed by atoms with van der Waals surface area (Å²) in [6.07, 6.45) is 9.22. The number of rotatable bonds is 9. The molecule has 1 N–H and O–H groups in total. The largest absolute Gasteiger partial charge is 0.616 e. The molecule has 10 nitrogen and oxygen atoms in total. The van der Waals surface area contributed by atoms with Crippen LogP contribution in [-0.4, -0.2) is 80.4 Å². The second-order valence-electron chi connectivity index (χ2n) is 15.1. The Morgan fingerprint density at radius 3 is 2.67 bits per heavy atom. The molecule has 0 spiro atoms. The number of aromatic nitrogens is 2. The monoisotopic (exact) mass is 732 g/mol. The van der Waals surface area contributed by atoms with Crippen molar-refractivity contribution < 1.29 is 28.4 Å². The summed E-state index contributed by atoms with van der Waals surface area (Å²) in [5.41, 5.74) is 2.23. The van der Waals surface area contributed by atoms with Crippen molar-refractivity contribution in [3.63, 3.8) is 0 Å². The number of benzene rings is 1. The van der Waals surface area contributed by atoms with Crippen molar-refractivity contribution in [1.82, 2.24) is 20.2 Å². The Bertz CT molecular complexity index is 1860. The lowest BCUT2D eigenvalue weighted by molar-refractivity contribution is -0.140. The lowest BCUT2D eigenvalue weighted by atomic mass is 9.92. The van der Waals surface area contributed by atoms with E-state index in [0.29, 0.717) is 43.0 Å². The predicted octanol–water partition coefficient (Wildman–Crippen LogP) is 6.13. The first-order chi connectivity index (χ1) is 24.5. The summed E-state index contributed by atoms with van der Waals surface area (Å²) in [6, 6.07) is 5.75. The van der Waals surface area contributed by atoms with E-state index in [1.807, 2.05) is 31.2 Å². The first-order valence-electron chi connectivity index (χ1n) is 18.2. The number of fused-ring (bicyclic) bond motifs is 3. The molecule has 7 rings (SSSR count). The van der Waals surface area contributed by atoms with Crippen molar-refractivity contribution in [2.75, 3.05) is 26.5 Å². The number of thiazole rings is 1. The highest BCUT2D eigenvalue weighted by atomic mass is 32.2. The summed E-state index contributed by atoms with van der Waals surface area (Å²) in [4.78, 5) is 53.7. The third kappa shape index (κ3) is 7.28. The number of ketones is 1. The van der Waals surface area contributed by atoms with E-state index in [1.165, 1.54) is 11.3 Å². The Morgan fingerprint density at radius 2 is 1.94 bits per heavy atom. The molecule has 0 saturated heterocycles. The van der Waals surface area contributed by atoms with E-state index in [-0.39, 0.29) is 40.4 Å². The highest BCUT2D eigenvalue weighted by molar-refractivity contribution is 7.93. The molecule has 3 aromatic rings. The minimum atomic E-state index is -1.23. The third-order valence-corrected chi connectivity index (χ3v) is 13.7. The molecule has 2 unspecified atom stereocenters. The number of nitrogens with zero attached hydrogens (tertiary/aromatic N) is 3. The van der Waals surface area contributed by atoms with Gasteiger partial charge < -0.3 is 24.2 Å². The number of carbonyl (C=O) groups is 3. The molecule has 3 heterocycles. The summed E-state index contributed by atoms with van der Waals surface area (Å²) in [5, 5.41) is 6.87. The number of carbonyl (C=O) groups excluding carboxylic acids is 3. The summed E-state index contributed by atoms with van der Waals surface area (Å²) >= 11 is 0.307. The summed E-state index contributed by atoms with van der Waals surface area (Å²) in [5.74, 6) is -0.428. The molecular weight excluding hydrogens is 685 g/mol. The van der Waals surface area contributed by atoms with Gasteiger partial charge in [-0.1, -0.05) is 26.0 Å². The first-order valence-corrected chi connectivity index (χ1v) is 20.5. The van der Waals surface area contributed by atoms with E-state index >= 15 is 0 Å². The Hall–Kier alpha value is -3.48. The van der Waals surface area contributed by atoms with Crippen LogP contribution in [0.5, 0.6) is 11.5 Å². The van der Waals surface area contributed by atoms with Crippen LogP contribution in [0.2, 0.25) is 0 Å². The third-order valence-electron chi connectivity index (χ3n) is 11.1. The Morgan fingerprint density at radius 1 is 1.16 bits per heavy atom. The molecule has 1 aromatic carbocycles. The number of aryl methyl sites for hydroxylation is 1. The Labute approximate surface area is 307 Å². The number of hydrogen-bond donors (Lipinski definition) is 1. The van der Waals surface area contributed by atoms with E-state index < -0.39 is 34.7 Å². The minimum Gasteiger partial charge on any atom is -0.616 e. The lowest BCUT2D eigenvalue weighted by Crippen LogP contribution is -2.51. The second-order valence-corrected chi connectivity index (χ2v) is 17.6. The standard InChI is InChI=1S/C39H48N4O6S2/c1-22(2)31-20-50-37(41-31)30-18-33(27-13-14-32(48-5)23(3)35(27)40-30)49-25-16-28-29(17-25)38(46)43(4)15-9-7-6-8-10-24-19-39(24,42-36(28)45)34(44)21-51(47)26-11-12-26/h8,10,13-14,18,20,22,24-26,28-29H,6-7,9,11-12,15-17,19,21H2,1-5H3,(H,42,45)/b10-8-/t24?,25-,28-,29-,39-,51?/m1/s1. The number of pyridine rings is 1. The van der Waals surface area contributed by atoms with Gasteiger partial charge in [0.05, 0.1) is 30.2 Å². The minimum absolute atomic E-state index is 0.0454. The number of hydrogen-bond acceptors (Lipinski definition) is 9. The van der Waals surface area contributed by atoms with Crippen LogP contribution in [0.3, 0.4) is 0 Å². The van der Waals surface area contributed by atoms with Crippen molar-refractivity contribution in [1.29, 1.82) is 0 Å². The number of nitrogens with one attached hydrogen (secondary N) is 1. The molecule has 0 radical (unpaired) electrons. The summed E-state index contributed by atoms with van der Waals surface area (Å²) in [6.45, 7) is 6.79. The Kier molecular flexibility index (Phi) is 10.2. The molecule has 3 fully saturated rings. The normalized spacial score (nSPS) is 28.1. The highest BCUT2D eigenvalue weighted by Gasteiger charge is 2.62. The van der Waals surface area contributed by atoms with Crippen molar-refractivity contribution in [3.8, 4) is 22.2 Å². The molecule has 0 bridgehead atoms. The van der Waals surface area contributed by atoms with Gasteiger partial charge in [0.25, 0.3) is 0 Å². The van der Waals surface area contributed by atoms with Gasteiger partial charge in [0.1, 0.15) is 39.1 Å². The van der Waals surface area contributed by atoms with E-state index in [1.54, 1.807) is 19.1 Å². The molecule has 272 valence electrons. The van der Waals surface area contributed by atoms with Crippen molar-refractivity contribution in [2.24, 2.45) is 17.8 Å². The first kappa shape index (κ1) is 35.9. The van der Waals surface area contributed by atoms with Crippen LogP contribution in [0.15, 0.2) is 35.7 Å². The molecule has 12 heteroatoms. The SMILES string of the molecule is COc1ccc2c(O[C@@H]3C[C@H]4C(=O)N[C@]5(C(=O)C[S+]([O-])C6CC6)CC5/C=C\CCCCN(C)C(=O)[C@@H]4C3)cc(-c3nc(C(C)C)cs3)nc2c1C. The number of allylic oxidation sites excluding steroid dienone is 1. The van der Waals surface area contributed by atoms with Crippen molar-refractivity contribution >= 4 is 51.0 Å². The molecule has 3 aliphatic carbocycles. The number of ether oxygens (including phenoxy) is 2. The van der Waals surface area contributed by atoms with Crippen LogP contribution >= 0.6 is 11.3 Å². The maximum Gasteiger partial charge on any atom is 0.226 e. The van der Waals surface area contributed by atoms with Crippen LogP contribution < -0.4 is 14.8 Å². The highest BCUT2D eigenvalue weighted by Crippen LogP contribution is 2.48. The summed E-state index contributed by atoms with van der Waals surface area (Å²) < 4.78 is 25.3. The lowest BCUT2D eigenvalue weighted by Gasteiger charge is -2.26. The number of methoxy groups -OCH3 is 1. The van der Waals surface area contributed by atoms with Gasteiger partial charge in [0, 0.05) is 41.9 Å². The van der Waals surface area contributed by atoms with Gasteiger partial charge in [0.15, 0.2) is 5.75 Å². The van der Waals surface area contributed by atoms with Gasteiger partial charge in [-0.3, -0.25) is 14.4 Å². The fourth-order valence-electron chi connectivity index (χ4n) is 7.64. The molecule has 4 aliphatic rings. The van der Waals surface area contributed by atoms with Gasteiger partial charge in [-0.2, -0.15) is 0 Å². The van der Waals surface area contributed by atoms with Crippen LogP contribution in [0.25, 0.3) is 21.6 Å². The fourth-order valence-corrected chi connectivity index (χ4v) is 10.00. The molecule has 1 aliphatic heterocycles. The molecule has 2 aromatic heterocycles. The Balaban J connectivity index is 1.20. The van der Waals surface area contributed by atoms with Gasteiger partial charge in [-0.05, 0) is 87.5 Å². The molecule has 51 heavy (non-hydrogen) atoms. The van der Waals surface area contributed by atoms with E-state index in [4.69, 9.17) is 19.4 Å². The maximum absolute atomic E-state index is 14.3. The smallest absolute Gasteiger partial charge is 0.226 e. The number of amides is 2. The number of Topliss-reactive ketones (excluding diaryl/α,β-unsaturated/α-hetero) is 1. The fraction of sp³-hybridized carbons (Fsp3) is 0.564. The molecular formula is C39H48N4O6S2. The van der Waals surface area contributed by atoms with Gasteiger partial charge in [-0.25, -0.2) is 9.97 Å². The zero-order valence-corrected chi connectivity index (χ0v) is 31.7. The van der Waals surface area contributed by atoms with E-state index in [9.17, 15) is 18.9 Å². The topological polar surface area (TPSA) is 134 Å². The molecule has 2 amide bonds. The van der Waals surface area contributed by atoms with Crippen molar-refractivity contribution in [3.05, 3.63) is 47.0 Å². The van der Waals surface area contributed by atoms with Crippen LogP contribution in [-0.2, 0) is 25.6 Å². The predicted molar refractivity (Wildman–Crippen MR) is 200 cm³/mol. The second kappa shape index (κ2) is 14.5. The average Bonchev–Trinajstić information content (AvgIpc) is 3.97. The summed E-state index contributed by atoms with van der Waals surface area (Å²) in [7, 11) is 3.44. The van der Waals surface area contributed by atoms with Crippen LogP contribution in [0, 0.1) is 24.7 Å². The van der Waals surface area contributed by atoms with Gasteiger partial charge in [0.2, 0.25) is 17.6 Å². The zero-order valence-electron chi connectivity index (χ0n) is 30.1. The van der Waals surface area contributed by atoms with Crippen LogP contribution in [0.1, 0.15) is 82.4 Å². The van der Waals surface area contributed by atoms with Gasteiger partial charge in [-0.15, -0.1) is 11.3 Å². The van der Waals surface area contributed by atoms with E-state index in [0.717, 1.165) is 59.3 Å². The zero-order chi connectivity index (χ0) is 36.0. The quantitative estimate of drug-likeness (QED) is 0.205. The van der Waals surface area contributed by atoms with Gasteiger partial charge >= 0.3 is 0 Å². The average molecular weight is 733 g/mol. The van der Waals surface area contributed by atoms with Crippen molar-refractivity contribution in [2.45, 2.75) is 94.9 Å². The molecule has 3 saturated carbocycles. The molecule has 6 atom stereocenters.